The van der Waals surface area contributed by atoms with Crippen molar-refractivity contribution in [1.29, 1.82) is 0 Å². The average molecular weight is 398 g/mol. The molecule has 0 aliphatic carbocycles. The lowest BCUT2D eigenvalue weighted by atomic mass is 10.1. The van der Waals surface area contributed by atoms with E-state index < -0.39 is 10.0 Å². The van der Waals surface area contributed by atoms with Gasteiger partial charge in [0.25, 0.3) is 0 Å². The molecule has 28 heavy (non-hydrogen) atoms. The highest BCUT2D eigenvalue weighted by molar-refractivity contribution is 7.90. The molecule has 0 amide bonds. The van der Waals surface area contributed by atoms with Crippen molar-refractivity contribution >= 4 is 16.1 Å². The van der Waals surface area contributed by atoms with E-state index in [4.69, 9.17) is 4.74 Å². The highest BCUT2D eigenvalue weighted by Gasteiger charge is 2.18. The van der Waals surface area contributed by atoms with Crippen LogP contribution in [0.25, 0.3) is 17.3 Å². The molecule has 0 atom stereocenters. The lowest BCUT2D eigenvalue weighted by Crippen LogP contribution is -2.15. The van der Waals surface area contributed by atoms with Gasteiger partial charge >= 0.3 is 0 Å². The van der Waals surface area contributed by atoms with Crippen molar-refractivity contribution in [3.8, 4) is 17.1 Å². The van der Waals surface area contributed by atoms with Crippen molar-refractivity contribution in [2.45, 2.75) is 6.54 Å². The zero-order valence-corrected chi connectivity index (χ0v) is 16.7. The van der Waals surface area contributed by atoms with Gasteiger partial charge < -0.3 is 10.1 Å². The topological polar surface area (TPSA) is 73.2 Å². The molecule has 3 aromatic rings. The molecule has 0 saturated carbocycles. The largest absolute Gasteiger partial charge is 0.481 e. The highest BCUT2D eigenvalue weighted by atomic mass is 32.2. The molecule has 1 N–H and O–H groups in total. The Morgan fingerprint density at radius 3 is 2.61 bits per heavy atom. The zero-order chi connectivity index (χ0) is 20.0. The Labute approximate surface area is 165 Å². The molecule has 2 aromatic heterocycles. The molecule has 0 bridgehead atoms. The van der Waals surface area contributed by atoms with Crippen LogP contribution in [0.2, 0.25) is 0 Å². The number of ether oxygens (including phenoxy) is 1. The second-order valence-electron chi connectivity index (χ2n) is 6.24. The first-order valence-electron chi connectivity index (χ1n) is 8.84. The molecule has 0 aliphatic rings. The number of rotatable bonds is 8. The molecule has 0 radical (unpaired) electrons. The van der Waals surface area contributed by atoms with Crippen molar-refractivity contribution in [2.75, 3.05) is 19.9 Å². The van der Waals surface area contributed by atoms with E-state index in [0.29, 0.717) is 18.1 Å². The average Bonchev–Trinajstić information content (AvgIpc) is 3.14. The summed E-state index contributed by atoms with van der Waals surface area (Å²) in [6.07, 6.45) is 6.69. The zero-order valence-electron chi connectivity index (χ0n) is 15.9. The summed E-state index contributed by atoms with van der Waals surface area (Å²) in [7, 11) is -0.180. The summed E-state index contributed by atoms with van der Waals surface area (Å²) in [5, 5.41) is 3.06. The Bertz CT molecular complexity index is 1040. The van der Waals surface area contributed by atoms with Crippen molar-refractivity contribution in [1.82, 2.24) is 14.3 Å². The molecule has 0 spiro atoms. The lowest BCUT2D eigenvalue weighted by molar-refractivity contribution is 0.398. The van der Waals surface area contributed by atoms with E-state index in [1.807, 2.05) is 49.5 Å². The van der Waals surface area contributed by atoms with Crippen LogP contribution in [0, 0.1) is 0 Å². The normalized spacial score (nSPS) is 11.8. The molecular formula is C21H23N3O3S. The van der Waals surface area contributed by atoms with Crippen LogP contribution in [0.4, 0.5) is 0 Å². The van der Waals surface area contributed by atoms with Gasteiger partial charge in [0.2, 0.25) is 15.9 Å². The standard InChI is InChI=1S/C21H23N3O3S/c1-22-14-18-13-20(19-8-4-3-5-9-19)24(16-18)28(25,26)12-6-7-17-10-11-21(27-2)23-15-17/h3-11,13,15-16,22H,12,14H2,1-2H3. The van der Waals surface area contributed by atoms with Crippen molar-refractivity contribution < 1.29 is 13.2 Å². The predicted molar refractivity (Wildman–Crippen MR) is 112 cm³/mol. The Morgan fingerprint density at radius 1 is 1.18 bits per heavy atom. The summed E-state index contributed by atoms with van der Waals surface area (Å²) < 4.78 is 32.4. The van der Waals surface area contributed by atoms with Gasteiger partial charge in [-0.1, -0.05) is 42.5 Å². The van der Waals surface area contributed by atoms with Crippen LogP contribution in [0.5, 0.6) is 5.88 Å². The van der Waals surface area contributed by atoms with Crippen LogP contribution < -0.4 is 10.1 Å². The Kier molecular flexibility index (Phi) is 6.28. The van der Waals surface area contributed by atoms with Gasteiger partial charge in [0.05, 0.1) is 18.6 Å². The first-order valence-corrected chi connectivity index (χ1v) is 10.5. The van der Waals surface area contributed by atoms with Gasteiger partial charge in [-0.2, -0.15) is 0 Å². The van der Waals surface area contributed by atoms with Crippen LogP contribution >= 0.6 is 0 Å². The second kappa shape index (κ2) is 8.86. The third-order valence-electron chi connectivity index (χ3n) is 4.18. The van der Waals surface area contributed by atoms with E-state index in [-0.39, 0.29) is 5.75 Å². The minimum atomic E-state index is -3.56. The van der Waals surface area contributed by atoms with Crippen LogP contribution in [0.3, 0.4) is 0 Å². The number of hydrogen-bond donors (Lipinski definition) is 1. The summed E-state index contributed by atoms with van der Waals surface area (Å²) in [4.78, 5) is 4.11. The molecule has 146 valence electrons. The monoisotopic (exact) mass is 397 g/mol. The maximum atomic E-state index is 13.0. The molecule has 6 nitrogen and oxygen atoms in total. The van der Waals surface area contributed by atoms with Crippen LogP contribution in [0.1, 0.15) is 11.1 Å². The predicted octanol–water partition coefficient (Wildman–Crippen LogP) is 3.17. The summed E-state index contributed by atoms with van der Waals surface area (Å²) in [5.41, 5.74) is 3.23. The second-order valence-corrected chi connectivity index (χ2v) is 8.13. The molecule has 1 aromatic carbocycles. The Balaban J connectivity index is 1.86. The fourth-order valence-corrected chi connectivity index (χ4v) is 4.10. The summed E-state index contributed by atoms with van der Waals surface area (Å²) in [6.45, 7) is 0.593. The fraction of sp³-hybridized carbons (Fsp3) is 0.190. The number of pyridine rings is 1. The van der Waals surface area contributed by atoms with E-state index in [1.54, 1.807) is 37.7 Å². The number of nitrogens with zero attached hydrogens (tertiary/aromatic N) is 2. The molecule has 7 heteroatoms. The number of aromatic nitrogens is 2. The first kappa shape index (κ1) is 19.9. The summed E-state index contributed by atoms with van der Waals surface area (Å²) >= 11 is 0. The van der Waals surface area contributed by atoms with E-state index in [9.17, 15) is 8.42 Å². The van der Waals surface area contributed by atoms with Crippen LogP contribution in [-0.4, -0.2) is 37.3 Å². The van der Waals surface area contributed by atoms with Gasteiger partial charge in [-0.05, 0) is 35.9 Å². The van der Waals surface area contributed by atoms with E-state index in [1.165, 1.54) is 3.97 Å². The number of benzene rings is 1. The quantitative estimate of drug-likeness (QED) is 0.632. The Morgan fingerprint density at radius 2 is 1.96 bits per heavy atom. The third kappa shape index (κ3) is 4.68. The Hall–Kier alpha value is -2.90. The third-order valence-corrected chi connectivity index (χ3v) is 5.69. The molecule has 3 rings (SSSR count). The van der Waals surface area contributed by atoms with Gasteiger partial charge in [-0.25, -0.2) is 17.4 Å². The van der Waals surface area contributed by atoms with Crippen molar-refractivity contribution in [2.24, 2.45) is 0 Å². The molecule has 0 saturated heterocycles. The smallest absolute Gasteiger partial charge is 0.242 e. The molecule has 0 aliphatic heterocycles. The van der Waals surface area contributed by atoms with Crippen LogP contribution in [-0.2, 0) is 16.6 Å². The van der Waals surface area contributed by atoms with Gasteiger partial charge in [0.15, 0.2) is 0 Å². The van der Waals surface area contributed by atoms with E-state index in [0.717, 1.165) is 16.7 Å². The number of methoxy groups -OCH3 is 1. The number of hydrogen-bond acceptors (Lipinski definition) is 5. The highest BCUT2D eigenvalue weighted by Crippen LogP contribution is 2.24. The van der Waals surface area contributed by atoms with E-state index in [2.05, 4.69) is 10.3 Å². The molecule has 0 unspecified atom stereocenters. The summed E-state index contributed by atoms with van der Waals surface area (Å²) in [5.74, 6) is 0.397. The minimum absolute atomic E-state index is 0.119. The lowest BCUT2D eigenvalue weighted by Gasteiger charge is -2.09. The van der Waals surface area contributed by atoms with Crippen molar-refractivity contribution in [3.05, 3.63) is 78.1 Å². The maximum Gasteiger partial charge on any atom is 0.242 e. The molecular weight excluding hydrogens is 374 g/mol. The fourth-order valence-electron chi connectivity index (χ4n) is 2.84. The van der Waals surface area contributed by atoms with Gasteiger partial charge in [0, 0.05) is 25.0 Å². The van der Waals surface area contributed by atoms with E-state index >= 15 is 0 Å². The first-order chi connectivity index (χ1) is 13.5. The maximum absolute atomic E-state index is 13.0. The van der Waals surface area contributed by atoms with Crippen LogP contribution in [0.15, 0.2) is 67.0 Å². The van der Waals surface area contributed by atoms with Gasteiger partial charge in [-0.3, -0.25) is 0 Å². The van der Waals surface area contributed by atoms with Gasteiger partial charge in [0.1, 0.15) is 0 Å². The number of nitrogens with one attached hydrogen (secondary N) is 1. The summed E-state index contributed by atoms with van der Waals surface area (Å²) in [6, 6.07) is 15.0. The van der Waals surface area contributed by atoms with Gasteiger partial charge in [-0.15, -0.1) is 0 Å². The molecule has 0 fully saturated rings. The minimum Gasteiger partial charge on any atom is -0.481 e. The molecule has 2 heterocycles. The van der Waals surface area contributed by atoms with Crippen molar-refractivity contribution in [3.63, 3.8) is 0 Å². The SMILES string of the molecule is CNCc1cc(-c2ccccc2)n(S(=O)(=O)CC=Cc2ccc(OC)nc2)c1.